The number of carbonyl (C=O) groups is 1. The van der Waals surface area contributed by atoms with Gasteiger partial charge in [-0.2, -0.15) is 11.8 Å². The SMILES string of the molecule is CSCC[C@H](N)C(=O)Nc1cccc(COCCc2ccccc2)c1.Cl. The van der Waals surface area contributed by atoms with Crippen LogP contribution in [0.3, 0.4) is 0 Å². The average molecular weight is 395 g/mol. The highest BCUT2D eigenvalue weighted by Gasteiger charge is 2.13. The van der Waals surface area contributed by atoms with Gasteiger partial charge in [0.2, 0.25) is 5.91 Å². The third-order valence-electron chi connectivity index (χ3n) is 3.81. The van der Waals surface area contributed by atoms with Crippen LogP contribution < -0.4 is 11.1 Å². The van der Waals surface area contributed by atoms with E-state index in [1.54, 1.807) is 11.8 Å². The third kappa shape index (κ3) is 8.23. The van der Waals surface area contributed by atoms with Crippen LogP contribution in [0.4, 0.5) is 5.69 Å². The summed E-state index contributed by atoms with van der Waals surface area (Å²) in [6, 6.07) is 17.5. The molecule has 0 saturated heterocycles. The van der Waals surface area contributed by atoms with E-state index in [1.807, 2.05) is 48.7 Å². The standard InChI is InChI=1S/C20H26N2O2S.ClH/c1-25-13-11-19(21)20(23)22-18-9-5-8-17(14-18)15-24-12-10-16-6-3-2-4-7-16;/h2-9,14,19H,10-13,15,21H2,1H3,(H,22,23);1H/t19-;/m0./s1. The highest BCUT2D eigenvalue weighted by atomic mass is 35.5. The maximum atomic E-state index is 12.1. The number of carbonyl (C=O) groups excluding carboxylic acids is 1. The Kier molecular flexibility index (Phi) is 11.1. The number of thioether (sulfide) groups is 1. The Hall–Kier alpha value is -1.53. The quantitative estimate of drug-likeness (QED) is 0.600. The second kappa shape index (κ2) is 12.8. The zero-order valence-electron chi connectivity index (χ0n) is 15.0. The lowest BCUT2D eigenvalue weighted by molar-refractivity contribution is -0.117. The van der Waals surface area contributed by atoms with Crippen LogP contribution in [-0.2, 0) is 22.6 Å². The van der Waals surface area contributed by atoms with Gasteiger partial charge in [-0.05, 0) is 48.1 Å². The smallest absolute Gasteiger partial charge is 0.241 e. The van der Waals surface area contributed by atoms with Crippen molar-refractivity contribution in [2.75, 3.05) is 23.9 Å². The van der Waals surface area contributed by atoms with Crippen LogP contribution in [0.15, 0.2) is 54.6 Å². The van der Waals surface area contributed by atoms with E-state index in [0.29, 0.717) is 19.6 Å². The molecule has 0 aliphatic heterocycles. The first-order valence-electron chi connectivity index (χ1n) is 8.45. The fourth-order valence-corrected chi connectivity index (χ4v) is 2.86. The average Bonchev–Trinajstić information content (AvgIpc) is 2.64. The van der Waals surface area contributed by atoms with Crippen molar-refractivity contribution in [2.45, 2.75) is 25.5 Å². The zero-order chi connectivity index (χ0) is 17.9. The molecule has 0 aromatic heterocycles. The predicted molar refractivity (Wildman–Crippen MR) is 113 cm³/mol. The number of ether oxygens (including phenoxy) is 1. The third-order valence-corrected chi connectivity index (χ3v) is 4.45. The summed E-state index contributed by atoms with van der Waals surface area (Å²) in [6.07, 6.45) is 3.57. The van der Waals surface area contributed by atoms with Crippen molar-refractivity contribution in [3.63, 3.8) is 0 Å². The number of nitrogens with one attached hydrogen (secondary N) is 1. The number of hydrogen-bond donors (Lipinski definition) is 2. The molecular formula is C20H27ClN2O2S. The summed E-state index contributed by atoms with van der Waals surface area (Å²) in [5, 5.41) is 2.88. The molecule has 0 bridgehead atoms. The van der Waals surface area contributed by atoms with E-state index in [-0.39, 0.29) is 18.3 Å². The molecule has 0 unspecified atom stereocenters. The molecule has 3 N–H and O–H groups in total. The van der Waals surface area contributed by atoms with Gasteiger partial charge in [-0.3, -0.25) is 4.79 Å². The van der Waals surface area contributed by atoms with Gasteiger partial charge in [0.05, 0.1) is 19.3 Å². The molecule has 4 nitrogen and oxygen atoms in total. The fraction of sp³-hybridized carbons (Fsp3) is 0.350. The molecule has 2 aromatic rings. The van der Waals surface area contributed by atoms with Crippen LogP contribution in [0.1, 0.15) is 17.5 Å². The summed E-state index contributed by atoms with van der Waals surface area (Å²) < 4.78 is 5.74. The van der Waals surface area contributed by atoms with Crippen molar-refractivity contribution >= 4 is 35.8 Å². The number of rotatable bonds is 10. The van der Waals surface area contributed by atoms with E-state index < -0.39 is 6.04 Å². The molecule has 2 rings (SSSR count). The number of nitrogens with two attached hydrogens (primary N) is 1. The van der Waals surface area contributed by atoms with Crippen LogP contribution in [0.25, 0.3) is 0 Å². The van der Waals surface area contributed by atoms with Gasteiger partial charge in [-0.1, -0.05) is 42.5 Å². The largest absolute Gasteiger partial charge is 0.376 e. The van der Waals surface area contributed by atoms with Crippen LogP contribution in [0, 0.1) is 0 Å². The molecule has 0 heterocycles. The highest BCUT2D eigenvalue weighted by Crippen LogP contribution is 2.13. The molecule has 2 aromatic carbocycles. The van der Waals surface area contributed by atoms with Gasteiger partial charge in [0.1, 0.15) is 0 Å². The van der Waals surface area contributed by atoms with E-state index in [4.69, 9.17) is 10.5 Å². The van der Waals surface area contributed by atoms with Crippen LogP contribution in [0.5, 0.6) is 0 Å². The van der Waals surface area contributed by atoms with E-state index in [0.717, 1.165) is 23.4 Å². The minimum Gasteiger partial charge on any atom is -0.376 e. The van der Waals surface area contributed by atoms with Crippen molar-refractivity contribution in [3.8, 4) is 0 Å². The first-order valence-corrected chi connectivity index (χ1v) is 9.84. The first-order chi connectivity index (χ1) is 12.2. The number of amides is 1. The normalized spacial score (nSPS) is 11.5. The number of halogens is 1. The maximum absolute atomic E-state index is 12.1. The topological polar surface area (TPSA) is 64.4 Å². The van der Waals surface area contributed by atoms with E-state index >= 15 is 0 Å². The minimum atomic E-state index is -0.474. The van der Waals surface area contributed by atoms with Gasteiger partial charge in [-0.25, -0.2) is 0 Å². The van der Waals surface area contributed by atoms with Crippen LogP contribution in [0.2, 0.25) is 0 Å². The van der Waals surface area contributed by atoms with Crippen LogP contribution >= 0.6 is 24.2 Å². The monoisotopic (exact) mass is 394 g/mol. The Balaban J connectivity index is 0.00000338. The van der Waals surface area contributed by atoms with Gasteiger partial charge >= 0.3 is 0 Å². The van der Waals surface area contributed by atoms with E-state index in [2.05, 4.69) is 17.4 Å². The molecule has 26 heavy (non-hydrogen) atoms. The maximum Gasteiger partial charge on any atom is 0.241 e. The molecule has 0 aliphatic carbocycles. The Morgan fingerprint density at radius 3 is 2.62 bits per heavy atom. The van der Waals surface area contributed by atoms with Crippen molar-refractivity contribution in [1.82, 2.24) is 0 Å². The number of hydrogen-bond acceptors (Lipinski definition) is 4. The molecule has 0 spiro atoms. The Morgan fingerprint density at radius 1 is 1.15 bits per heavy atom. The second-order valence-corrected chi connectivity index (χ2v) is 6.85. The van der Waals surface area contributed by atoms with Gasteiger partial charge in [-0.15, -0.1) is 12.4 Å². The summed E-state index contributed by atoms with van der Waals surface area (Å²) in [4.78, 5) is 12.1. The van der Waals surface area contributed by atoms with Gasteiger partial charge in [0, 0.05) is 5.69 Å². The fourth-order valence-electron chi connectivity index (χ4n) is 2.37. The molecule has 142 valence electrons. The Morgan fingerprint density at radius 2 is 1.88 bits per heavy atom. The molecule has 0 saturated carbocycles. The lowest BCUT2D eigenvalue weighted by Gasteiger charge is -2.12. The molecule has 0 fully saturated rings. The van der Waals surface area contributed by atoms with Gasteiger partial charge in [0.15, 0.2) is 0 Å². The number of benzene rings is 2. The summed E-state index contributed by atoms with van der Waals surface area (Å²) in [7, 11) is 0. The second-order valence-electron chi connectivity index (χ2n) is 5.87. The van der Waals surface area contributed by atoms with Crippen molar-refractivity contribution in [3.05, 3.63) is 65.7 Å². The number of anilines is 1. The summed E-state index contributed by atoms with van der Waals surface area (Å²) in [5.41, 5.74) is 8.95. The Bertz CT molecular complexity index is 655. The summed E-state index contributed by atoms with van der Waals surface area (Å²) >= 11 is 1.69. The highest BCUT2D eigenvalue weighted by molar-refractivity contribution is 7.98. The minimum absolute atomic E-state index is 0. The molecule has 1 atom stereocenters. The summed E-state index contributed by atoms with van der Waals surface area (Å²) in [6.45, 7) is 1.19. The molecule has 0 aliphatic rings. The molecule has 1 amide bonds. The van der Waals surface area contributed by atoms with Crippen molar-refractivity contribution in [1.29, 1.82) is 0 Å². The van der Waals surface area contributed by atoms with Crippen molar-refractivity contribution < 1.29 is 9.53 Å². The van der Waals surface area contributed by atoms with Gasteiger partial charge in [0.25, 0.3) is 0 Å². The molecule has 6 heteroatoms. The Labute approximate surface area is 166 Å². The predicted octanol–water partition coefficient (Wildman–Crippen LogP) is 3.89. The first kappa shape index (κ1) is 22.5. The van der Waals surface area contributed by atoms with Gasteiger partial charge < -0.3 is 15.8 Å². The van der Waals surface area contributed by atoms with Crippen LogP contribution in [-0.4, -0.2) is 30.6 Å². The summed E-state index contributed by atoms with van der Waals surface area (Å²) in [5.74, 6) is 0.736. The van der Waals surface area contributed by atoms with E-state index in [1.165, 1.54) is 5.56 Å². The van der Waals surface area contributed by atoms with Crippen molar-refractivity contribution in [2.24, 2.45) is 5.73 Å². The van der Waals surface area contributed by atoms with E-state index in [9.17, 15) is 4.79 Å². The molecular weight excluding hydrogens is 368 g/mol. The lowest BCUT2D eigenvalue weighted by atomic mass is 10.1. The zero-order valence-corrected chi connectivity index (χ0v) is 16.7. The molecule has 0 radical (unpaired) electrons. The lowest BCUT2D eigenvalue weighted by Crippen LogP contribution is -2.36.